The Morgan fingerprint density at radius 3 is 2.00 bits per heavy atom. The summed E-state index contributed by atoms with van der Waals surface area (Å²) in [6.45, 7) is 6.08. The molecule has 0 spiro atoms. The van der Waals surface area contributed by atoms with Crippen LogP contribution >= 0.6 is 0 Å². The third-order valence-electron chi connectivity index (χ3n) is 3.03. The van der Waals surface area contributed by atoms with Gasteiger partial charge in [-0.25, -0.2) is 0 Å². The third-order valence-corrected chi connectivity index (χ3v) is 3.03. The zero-order valence-corrected chi connectivity index (χ0v) is 11.1. The fourth-order valence-corrected chi connectivity index (χ4v) is 1.92. The Balaban J connectivity index is 2.24. The highest BCUT2D eigenvalue weighted by atomic mass is 16.5. The summed E-state index contributed by atoms with van der Waals surface area (Å²) in [7, 11) is 0. The molecular weight excluding hydrogens is 222 g/mol. The summed E-state index contributed by atoms with van der Waals surface area (Å²) in [5, 5.41) is 0. The molecule has 0 saturated heterocycles. The van der Waals surface area contributed by atoms with Crippen molar-refractivity contribution in [2.75, 3.05) is 0 Å². The fourth-order valence-electron chi connectivity index (χ4n) is 1.92. The molecule has 2 aromatic rings. The van der Waals surface area contributed by atoms with Crippen LogP contribution in [0.3, 0.4) is 0 Å². The summed E-state index contributed by atoms with van der Waals surface area (Å²) in [6.07, 6.45) is 0. The molecule has 0 radical (unpaired) electrons. The molecule has 0 fully saturated rings. The van der Waals surface area contributed by atoms with Crippen LogP contribution in [-0.2, 0) is 0 Å². The minimum Gasteiger partial charge on any atom is -0.457 e. The number of hydrogen-bond donors (Lipinski definition) is 1. The highest BCUT2D eigenvalue weighted by molar-refractivity contribution is 5.43. The minimum absolute atomic E-state index is 0.0549. The van der Waals surface area contributed by atoms with E-state index in [2.05, 4.69) is 26.0 Å². The Hall–Kier alpha value is -1.80. The average molecular weight is 241 g/mol. The smallest absolute Gasteiger partial charge is 0.133 e. The Bertz CT molecular complexity index is 509. The Kier molecular flexibility index (Phi) is 3.68. The van der Waals surface area contributed by atoms with Gasteiger partial charge in [0.15, 0.2) is 0 Å². The van der Waals surface area contributed by atoms with E-state index >= 15 is 0 Å². The highest BCUT2D eigenvalue weighted by Gasteiger charge is 2.05. The van der Waals surface area contributed by atoms with Gasteiger partial charge >= 0.3 is 0 Å². The van der Waals surface area contributed by atoms with E-state index in [0.29, 0.717) is 0 Å². The van der Waals surface area contributed by atoms with Crippen molar-refractivity contribution in [1.29, 1.82) is 0 Å². The van der Waals surface area contributed by atoms with Crippen molar-refractivity contribution in [3.8, 4) is 11.5 Å². The van der Waals surface area contributed by atoms with E-state index in [1.165, 1.54) is 0 Å². The Labute approximate surface area is 108 Å². The summed E-state index contributed by atoms with van der Waals surface area (Å²) in [5.74, 6) is 1.78. The summed E-state index contributed by atoms with van der Waals surface area (Å²) in [6, 6.07) is 14.1. The van der Waals surface area contributed by atoms with Crippen LogP contribution in [0.5, 0.6) is 11.5 Å². The van der Waals surface area contributed by atoms with Crippen LogP contribution in [0, 0.1) is 13.8 Å². The molecule has 2 rings (SSSR count). The molecule has 1 atom stereocenters. The number of rotatable bonds is 3. The zero-order valence-electron chi connectivity index (χ0n) is 11.1. The van der Waals surface area contributed by atoms with Crippen LogP contribution in [0.1, 0.15) is 29.7 Å². The maximum atomic E-state index is 5.93. The quantitative estimate of drug-likeness (QED) is 0.877. The second-order valence-corrected chi connectivity index (χ2v) is 4.68. The van der Waals surface area contributed by atoms with Crippen molar-refractivity contribution in [3.05, 3.63) is 59.2 Å². The Morgan fingerprint density at radius 1 is 0.944 bits per heavy atom. The largest absolute Gasteiger partial charge is 0.457 e. The summed E-state index contributed by atoms with van der Waals surface area (Å²) >= 11 is 0. The van der Waals surface area contributed by atoms with Crippen LogP contribution < -0.4 is 10.5 Å². The lowest BCUT2D eigenvalue weighted by Crippen LogP contribution is -2.04. The summed E-state index contributed by atoms with van der Waals surface area (Å²) < 4.78 is 5.93. The van der Waals surface area contributed by atoms with E-state index in [0.717, 1.165) is 28.2 Å². The molecule has 0 saturated carbocycles. The first kappa shape index (κ1) is 12.7. The van der Waals surface area contributed by atoms with Crippen molar-refractivity contribution < 1.29 is 4.74 Å². The van der Waals surface area contributed by atoms with Gasteiger partial charge in [0.05, 0.1) is 0 Å². The van der Waals surface area contributed by atoms with E-state index < -0.39 is 0 Å². The molecule has 2 heteroatoms. The SMILES string of the molecule is Cc1cccc(C)c1Oc1ccc(C(C)N)cc1. The number of benzene rings is 2. The molecule has 2 aromatic carbocycles. The molecule has 0 heterocycles. The van der Waals surface area contributed by atoms with Gasteiger partial charge < -0.3 is 10.5 Å². The van der Waals surface area contributed by atoms with Crippen molar-refractivity contribution in [1.82, 2.24) is 0 Å². The number of para-hydroxylation sites is 1. The maximum absolute atomic E-state index is 5.93. The first-order valence-electron chi connectivity index (χ1n) is 6.17. The maximum Gasteiger partial charge on any atom is 0.133 e. The molecule has 1 unspecified atom stereocenters. The summed E-state index contributed by atoms with van der Waals surface area (Å²) in [4.78, 5) is 0. The number of nitrogens with two attached hydrogens (primary N) is 1. The van der Waals surface area contributed by atoms with Gasteiger partial charge in [-0.2, -0.15) is 0 Å². The third kappa shape index (κ3) is 2.71. The van der Waals surface area contributed by atoms with Gasteiger partial charge in [-0.1, -0.05) is 30.3 Å². The molecule has 0 aliphatic carbocycles. The predicted molar refractivity (Wildman–Crippen MR) is 75.0 cm³/mol. The lowest BCUT2D eigenvalue weighted by molar-refractivity contribution is 0.475. The number of aryl methyl sites for hydroxylation is 2. The van der Waals surface area contributed by atoms with Crippen molar-refractivity contribution >= 4 is 0 Å². The molecular formula is C16H19NO. The normalized spacial score (nSPS) is 12.2. The van der Waals surface area contributed by atoms with Crippen LogP contribution in [0.25, 0.3) is 0 Å². The molecule has 0 amide bonds. The van der Waals surface area contributed by atoms with Gasteiger partial charge in [-0.15, -0.1) is 0 Å². The second-order valence-electron chi connectivity index (χ2n) is 4.68. The molecule has 18 heavy (non-hydrogen) atoms. The predicted octanol–water partition coefficient (Wildman–Crippen LogP) is 4.12. The van der Waals surface area contributed by atoms with Crippen molar-refractivity contribution in [2.24, 2.45) is 5.73 Å². The van der Waals surface area contributed by atoms with Crippen LogP contribution in [0.2, 0.25) is 0 Å². The van der Waals surface area contributed by atoms with E-state index in [4.69, 9.17) is 10.5 Å². The van der Waals surface area contributed by atoms with Gasteiger partial charge in [-0.05, 0) is 49.6 Å². The monoisotopic (exact) mass is 241 g/mol. The van der Waals surface area contributed by atoms with Gasteiger partial charge in [0.2, 0.25) is 0 Å². The molecule has 2 nitrogen and oxygen atoms in total. The van der Waals surface area contributed by atoms with Crippen LogP contribution in [0.15, 0.2) is 42.5 Å². The van der Waals surface area contributed by atoms with Gasteiger partial charge in [0, 0.05) is 6.04 Å². The van der Waals surface area contributed by atoms with Crippen molar-refractivity contribution in [3.63, 3.8) is 0 Å². The van der Waals surface area contributed by atoms with Crippen LogP contribution in [-0.4, -0.2) is 0 Å². The topological polar surface area (TPSA) is 35.2 Å². The molecule has 0 aliphatic rings. The molecule has 0 aliphatic heterocycles. The average Bonchev–Trinajstić information content (AvgIpc) is 2.34. The fraction of sp³-hybridized carbons (Fsp3) is 0.250. The first-order chi connectivity index (χ1) is 8.58. The summed E-state index contributed by atoms with van der Waals surface area (Å²) in [5.41, 5.74) is 9.23. The minimum atomic E-state index is 0.0549. The number of ether oxygens (including phenoxy) is 1. The lowest BCUT2D eigenvalue weighted by Gasteiger charge is -2.12. The van der Waals surface area contributed by atoms with E-state index in [-0.39, 0.29) is 6.04 Å². The first-order valence-corrected chi connectivity index (χ1v) is 6.17. The highest BCUT2D eigenvalue weighted by Crippen LogP contribution is 2.28. The second kappa shape index (κ2) is 5.23. The molecule has 2 N–H and O–H groups in total. The molecule has 0 bridgehead atoms. The molecule has 0 aromatic heterocycles. The Morgan fingerprint density at radius 2 is 1.50 bits per heavy atom. The zero-order chi connectivity index (χ0) is 13.1. The van der Waals surface area contributed by atoms with E-state index in [1.807, 2.05) is 37.3 Å². The molecule has 94 valence electrons. The van der Waals surface area contributed by atoms with E-state index in [1.54, 1.807) is 0 Å². The lowest BCUT2D eigenvalue weighted by atomic mass is 10.1. The van der Waals surface area contributed by atoms with Crippen LogP contribution in [0.4, 0.5) is 0 Å². The van der Waals surface area contributed by atoms with Gasteiger partial charge in [0.1, 0.15) is 11.5 Å². The van der Waals surface area contributed by atoms with Crippen molar-refractivity contribution in [2.45, 2.75) is 26.8 Å². The standard InChI is InChI=1S/C16H19NO/c1-11-5-4-6-12(2)16(11)18-15-9-7-14(8-10-15)13(3)17/h4-10,13H,17H2,1-3H3. The number of hydrogen-bond acceptors (Lipinski definition) is 2. The van der Waals surface area contributed by atoms with Gasteiger partial charge in [-0.3, -0.25) is 0 Å². The van der Waals surface area contributed by atoms with Gasteiger partial charge in [0.25, 0.3) is 0 Å². The van der Waals surface area contributed by atoms with E-state index in [9.17, 15) is 0 Å².